The molecule has 1 aliphatic heterocycles. The Morgan fingerprint density at radius 3 is 2.86 bits per heavy atom. The number of guanidine groups is 1. The predicted molar refractivity (Wildman–Crippen MR) is 110 cm³/mol. The fourth-order valence-corrected chi connectivity index (χ4v) is 2.95. The molecule has 1 fully saturated rings. The number of nitrogens with one attached hydrogen (secondary N) is 2. The molecule has 8 heteroatoms. The molecular weight excluding hydrogens is 380 g/mol. The van der Waals surface area contributed by atoms with Crippen LogP contribution in [0.2, 0.25) is 0 Å². The molecule has 1 aliphatic rings. The Morgan fingerprint density at radius 2 is 2.10 bits per heavy atom. The molecular formula is C21H33F2N3O3. The van der Waals surface area contributed by atoms with E-state index in [1.165, 1.54) is 0 Å². The van der Waals surface area contributed by atoms with Crippen LogP contribution in [-0.2, 0) is 16.0 Å². The van der Waals surface area contributed by atoms with Crippen molar-refractivity contribution in [2.45, 2.75) is 39.2 Å². The first-order chi connectivity index (χ1) is 14.2. The molecule has 0 spiro atoms. The van der Waals surface area contributed by atoms with Crippen LogP contribution >= 0.6 is 0 Å². The van der Waals surface area contributed by atoms with Crippen LogP contribution in [0.3, 0.4) is 0 Å². The van der Waals surface area contributed by atoms with Crippen molar-refractivity contribution in [3.8, 4) is 5.75 Å². The fraction of sp³-hybridized carbons (Fsp3) is 0.667. The summed E-state index contributed by atoms with van der Waals surface area (Å²) in [5, 5.41) is 6.50. The number of ether oxygens (including phenoxy) is 3. The highest BCUT2D eigenvalue weighted by Crippen LogP contribution is 2.15. The van der Waals surface area contributed by atoms with Gasteiger partial charge in [-0.25, -0.2) is 13.8 Å². The van der Waals surface area contributed by atoms with Crippen molar-refractivity contribution < 1.29 is 23.0 Å². The molecule has 0 radical (unpaired) electrons. The Kier molecular flexibility index (Phi) is 11.4. The molecule has 2 N–H and O–H groups in total. The molecule has 164 valence electrons. The number of hydrogen-bond donors (Lipinski definition) is 2. The van der Waals surface area contributed by atoms with Gasteiger partial charge >= 0.3 is 0 Å². The third-order valence-corrected chi connectivity index (χ3v) is 4.49. The average Bonchev–Trinajstić information content (AvgIpc) is 2.74. The van der Waals surface area contributed by atoms with Crippen molar-refractivity contribution >= 4 is 5.96 Å². The second-order valence-corrected chi connectivity index (χ2v) is 6.96. The van der Waals surface area contributed by atoms with Crippen LogP contribution in [0.1, 0.15) is 31.7 Å². The van der Waals surface area contributed by atoms with Crippen LogP contribution in [0.15, 0.2) is 29.3 Å². The highest BCUT2D eigenvalue weighted by atomic mass is 19.3. The zero-order valence-corrected chi connectivity index (χ0v) is 17.2. The van der Waals surface area contributed by atoms with Crippen LogP contribution in [0.5, 0.6) is 5.75 Å². The van der Waals surface area contributed by atoms with Gasteiger partial charge in [0.2, 0.25) is 0 Å². The number of aliphatic imine (C=N–C) groups is 1. The number of halogens is 2. The van der Waals surface area contributed by atoms with Gasteiger partial charge in [-0.05, 0) is 49.8 Å². The summed E-state index contributed by atoms with van der Waals surface area (Å²) in [6.07, 6.45) is 0.583. The molecule has 1 aromatic carbocycles. The Bertz CT molecular complexity index is 596. The van der Waals surface area contributed by atoms with Gasteiger partial charge in [-0.3, -0.25) is 0 Å². The normalized spacial score (nSPS) is 15.5. The van der Waals surface area contributed by atoms with E-state index in [9.17, 15) is 8.78 Å². The minimum absolute atomic E-state index is 0.428. The summed E-state index contributed by atoms with van der Waals surface area (Å²) < 4.78 is 40.7. The molecule has 29 heavy (non-hydrogen) atoms. The van der Waals surface area contributed by atoms with Gasteiger partial charge in [0, 0.05) is 39.5 Å². The molecule has 0 aromatic heterocycles. The predicted octanol–water partition coefficient (Wildman–Crippen LogP) is 3.22. The van der Waals surface area contributed by atoms with E-state index in [4.69, 9.17) is 14.2 Å². The van der Waals surface area contributed by atoms with Gasteiger partial charge in [0.15, 0.2) is 5.96 Å². The molecule has 0 aliphatic carbocycles. The smallest absolute Gasteiger partial charge is 0.272 e. The fourth-order valence-electron chi connectivity index (χ4n) is 2.95. The molecule has 0 saturated carbocycles. The minimum Gasteiger partial charge on any atom is -0.488 e. The van der Waals surface area contributed by atoms with E-state index in [1.54, 1.807) is 18.2 Å². The van der Waals surface area contributed by atoms with E-state index in [1.807, 2.05) is 13.0 Å². The van der Waals surface area contributed by atoms with E-state index in [0.717, 1.165) is 63.7 Å². The number of alkyl halides is 2. The molecule has 2 rings (SSSR count). The molecule has 0 amide bonds. The lowest BCUT2D eigenvalue weighted by Gasteiger charge is -2.21. The largest absolute Gasteiger partial charge is 0.488 e. The molecule has 1 heterocycles. The van der Waals surface area contributed by atoms with Gasteiger partial charge in [0.25, 0.3) is 6.43 Å². The summed E-state index contributed by atoms with van der Waals surface area (Å²) in [4.78, 5) is 4.55. The molecule has 1 aromatic rings. The third kappa shape index (κ3) is 10.4. The summed E-state index contributed by atoms with van der Waals surface area (Å²) in [7, 11) is 0. The number of nitrogens with zero attached hydrogens (tertiary/aromatic N) is 1. The van der Waals surface area contributed by atoms with E-state index < -0.39 is 13.0 Å². The summed E-state index contributed by atoms with van der Waals surface area (Å²) in [5.74, 6) is 1.77. The van der Waals surface area contributed by atoms with Crippen molar-refractivity contribution in [2.24, 2.45) is 10.9 Å². The first-order valence-electron chi connectivity index (χ1n) is 10.3. The van der Waals surface area contributed by atoms with E-state index in [2.05, 4.69) is 15.6 Å². The van der Waals surface area contributed by atoms with E-state index in [-0.39, 0.29) is 0 Å². The average molecular weight is 414 g/mol. The summed E-state index contributed by atoms with van der Waals surface area (Å²) >= 11 is 0. The van der Waals surface area contributed by atoms with Crippen molar-refractivity contribution in [1.82, 2.24) is 10.6 Å². The molecule has 6 nitrogen and oxygen atoms in total. The lowest BCUT2D eigenvalue weighted by Crippen LogP contribution is -2.38. The quantitative estimate of drug-likeness (QED) is 0.313. The topological polar surface area (TPSA) is 64.1 Å². The lowest BCUT2D eigenvalue weighted by molar-refractivity contribution is 0.0203. The monoisotopic (exact) mass is 413 g/mol. The van der Waals surface area contributed by atoms with Gasteiger partial charge < -0.3 is 24.8 Å². The molecule has 0 atom stereocenters. The highest BCUT2D eigenvalue weighted by molar-refractivity contribution is 5.79. The number of benzene rings is 1. The summed E-state index contributed by atoms with van der Waals surface area (Å²) in [6.45, 7) is 6.57. The maximum Gasteiger partial charge on any atom is 0.272 e. The second-order valence-electron chi connectivity index (χ2n) is 6.96. The zero-order chi connectivity index (χ0) is 20.7. The van der Waals surface area contributed by atoms with Crippen LogP contribution in [0.25, 0.3) is 0 Å². The minimum atomic E-state index is -2.48. The van der Waals surface area contributed by atoms with Crippen LogP contribution in [-0.4, -0.2) is 58.5 Å². The third-order valence-electron chi connectivity index (χ3n) is 4.49. The van der Waals surface area contributed by atoms with Crippen molar-refractivity contribution in [3.63, 3.8) is 0 Å². The Labute approximate surface area is 172 Å². The van der Waals surface area contributed by atoms with Crippen LogP contribution in [0.4, 0.5) is 8.78 Å². The van der Waals surface area contributed by atoms with Gasteiger partial charge in [-0.15, -0.1) is 0 Å². The maximum atomic E-state index is 12.3. The summed E-state index contributed by atoms with van der Waals surface area (Å²) in [6, 6.07) is 7.08. The van der Waals surface area contributed by atoms with E-state index >= 15 is 0 Å². The standard InChI is InChI=1S/C21H33F2N3O3/c1-2-24-21(25-9-4-10-28-15-17-7-11-27-12-8-17)26-14-18-5-3-6-19(13-18)29-16-20(22)23/h3,5-6,13,17,20H,2,4,7-12,14-16H2,1H3,(H2,24,25,26). The van der Waals surface area contributed by atoms with Crippen molar-refractivity contribution in [2.75, 3.05) is 46.1 Å². The number of hydrogen-bond acceptors (Lipinski definition) is 4. The first-order valence-corrected chi connectivity index (χ1v) is 10.3. The maximum absolute atomic E-state index is 12.3. The SMILES string of the molecule is CCNC(=NCc1cccc(OCC(F)F)c1)NCCCOCC1CCOCC1. The van der Waals surface area contributed by atoms with Crippen molar-refractivity contribution in [3.05, 3.63) is 29.8 Å². The molecule has 0 bridgehead atoms. The zero-order valence-electron chi connectivity index (χ0n) is 17.2. The molecule has 0 unspecified atom stereocenters. The van der Waals surface area contributed by atoms with Crippen LogP contribution in [0, 0.1) is 5.92 Å². The van der Waals surface area contributed by atoms with Crippen molar-refractivity contribution in [1.29, 1.82) is 0 Å². The van der Waals surface area contributed by atoms with Gasteiger partial charge in [0.1, 0.15) is 12.4 Å². The van der Waals surface area contributed by atoms with Crippen LogP contribution < -0.4 is 15.4 Å². The van der Waals surface area contributed by atoms with Gasteiger partial charge in [-0.2, -0.15) is 0 Å². The highest BCUT2D eigenvalue weighted by Gasteiger charge is 2.13. The first kappa shape index (κ1) is 23.3. The second kappa shape index (κ2) is 14.1. The van der Waals surface area contributed by atoms with Gasteiger partial charge in [0.05, 0.1) is 6.54 Å². The Morgan fingerprint density at radius 1 is 1.28 bits per heavy atom. The lowest BCUT2D eigenvalue weighted by atomic mass is 10.0. The Hall–Kier alpha value is -1.93. The number of rotatable bonds is 12. The Balaban J connectivity index is 1.68. The van der Waals surface area contributed by atoms with Gasteiger partial charge in [-0.1, -0.05) is 12.1 Å². The molecule has 1 saturated heterocycles. The van der Waals surface area contributed by atoms with E-state index in [0.29, 0.717) is 24.8 Å². The summed E-state index contributed by atoms with van der Waals surface area (Å²) in [5.41, 5.74) is 0.897.